The molecular formula is C38H33BF4O3P2W2-2. The van der Waals surface area contributed by atoms with Crippen molar-refractivity contribution in [3.05, 3.63) is 199 Å². The first-order chi connectivity index (χ1) is 24.3. The molecule has 1 N–H and O–H groups in total. The van der Waals surface area contributed by atoms with E-state index in [0.29, 0.717) is 0 Å². The molecule has 6 rings (SSSR count). The third-order valence-corrected chi connectivity index (χ3v) is 14.1. The molecule has 2 aliphatic rings. The van der Waals surface area contributed by atoms with Crippen molar-refractivity contribution in [1.29, 1.82) is 0 Å². The van der Waals surface area contributed by atoms with E-state index in [0.717, 1.165) is 0 Å². The third kappa shape index (κ3) is 25.2. The van der Waals surface area contributed by atoms with E-state index in [9.17, 15) is 17.3 Å². The van der Waals surface area contributed by atoms with E-state index in [-0.39, 0.29) is 14.5 Å². The van der Waals surface area contributed by atoms with Gasteiger partial charge in [0.2, 0.25) is 0 Å². The van der Waals surface area contributed by atoms with Crippen molar-refractivity contribution in [2.75, 3.05) is 5.90 Å². The molecule has 0 amide bonds. The summed E-state index contributed by atoms with van der Waals surface area (Å²) in [6, 6.07) is 44.1. The first kappa shape index (κ1) is 48.2. The predicted octanol–water partition coefficient (Wildman–Crippen LogP) is 8.02. The topological polar surface area (TPSA) is 60.0 Å². The number of aliphatic hydroxyl groups excluding tert-OH is 1. The summed E-state index contributed by atoms with van der Waals surface area (Å²) in [5.74, 6) is 1.17. The second-order valence-electron chi connectivity index (χ2n) is 8.93. The maximum absolute atomic E-state index is 9.75. The normalized spacial score (nSPS) is 12.5. The molecule has 4 aromatic carbocycles. The van der Waals surface area contributed by atoms with Gasteiger partial charge in [-0.1, -0.05) is 121 Å². The van der Waals surface area contributed by atoms with E-state index in [1.54, 1.807) is 0 Å². The molecule has 0 aliphatic heterocycles. The van der Waals surface area contributed by atoms with Crippen molar-refractivity contribution < 1.29 is 62.4 Å². The van der Waals surface area contributed by atoms with Crippen LogP contribution in [0.1, 0.15) is 0 Å². The van der Waals surface area contributed by atoms with Gasteiger partial charge in [0.05, 0.1) is 0 Å². The van der Waals surface area contributed by atoms with E-state index in [1.165, 1.54) is 43.3 Å². The average Bonchev–Trinajstić information content (AvgIpc) is 3.96. The number of hydrogen-bond acceptors (Lipinski definition) is 1. The Labute approximate surface area is 314 Å². The van der Waals surface area contributed by atoms with Gasteiger partial charge in [0.15, 0.2) is 0 Å². The largest absolute Gasteiger partial charge is 0.0622 e. The van der Waals surface area contributed by atoms with Crippen LogP contribution in [0.4, 0.5) is 17.3 Å². The van der Waals surface area contributed by atoms with Gasteiger partial charge in [-0.25, -0.2) is 0 Å². The fourth-order valence-electron chi connectivity index (χ4n) is 3.84. The summed E-state index contributed by atoms with van der Waals surface area (Å²) in [7, 11) is -6.82. The molecular weight excluding hydrogens is 1020 g/mol. The van der Waals surface area contributed by atoms with Crippen LogP contribution in [0.2, 0.25) is 0 Å². The summed E-state index contributed by atoms with van der Waals surface area (Å²) in [6.07, 6.45) is 20.0. The molecule has 258 valence electrons. The summed E-state index contributed by atoms with van der Waals surface area (Å²) in [5, 5.41) is 13.5. The molecule has 3 nitrogen and oxygen atoms in total. The second-order valence-corrected chi connectivity index (χ2v) is 20.0. The number of rotatable bonds is 6. The summed E-state index contributed by atoms with van der Waals surface area (Å²) in [5.41, 5.74) is 0. The molecule has 12 heteroatoms. The Balaban J connectivity index is 0.000000844. The quantitative estimate of drug-likeness (QED) is 0.0688. The zero-order valence-corrected chi connectivity index (χ0v) is 34.2. The fraction of sp³-hybridized carbons (Fsp3) is 0.0263. The van der Waals surface area contributed by atoms with Crippen LogP contribution in [0.15, 0.2) is 121 Å². The Bertz CT molecular complexity index is 1240. The maximum atomic E-state index is 9.75. The zero-order valence-electron chi connectivity index (χ0n) is 26.6. The van der Waals surface area contributed by atoms with Crippen molar-refractivity contribution in [1.82, 2.24) is 0 Å². The molecule has 2 saturated carbocycles. The van der Waals surface area contributed by atoms with Gasteiger partial charge in [-0.15, -0.1) is 0 Å². The van der Waals surface area contributed by atoms with Crippen molar-refractivity contribution in [3.8, 4) is 0 Å². The molecule has 4 aromatic rings. The van der Waals surface area contributed by atoms with E-state index in [4.69, 9.17) is 14.4 Å². The van der Waals surface area contributed by atoms with Gasteiger partial charge in [0.25, 0.3) is 0 Å². The molecule has 2 fully saturated rings. The molecule has 50 heavy (non-hydrogen) atoms. The van der Waals surface area contributed by atoms with Crippen LogP contribution in [0.5, 0.6) is 0 Å². The van der Waals surface area contributed by atoms with Gasteiger partial charge in [0, 0.05) is 5.90 Å². The zero-order chi connectivity index (χ0) is 37.3. The van der Waals surface area contributed by atoms with Crippen molar-refractivity contribution in [2.24, 2.45) is 0 Å². The van der Waals surface area contributed by atoms with Crippen LogP contribution in [0, 0.1) is 77.5 Å². The van der Waals surface area contributed by atoms with Crippen molar-refractivity contribution >= 4 is 48.9 Å². The van der Waals surface area contributed by atoms with Gasteiger partial charge in [0.1, 0.15) is 0 Å². The molecule has 0 bridgehead atoms. The van der Waals surface area contributed by atoms with E-state index < -0.39 is 23.1 Å². The van der Waals surface area contributed by atoms with Gasteiger partial charge < -0.3 is 17.3 Å². The number of aliphatic hydroxyl groups is 1. The molecule has 0 saturated heterocycles. The minimum absolute atomic E-state index is 0.366. The predicted molar refractivity (Wildman–Crippen MR) is 191 cm³/mol. The van der Waals surface area contributed by atoms with Crippen molar-refractivity contribution in [2.45, 2.75) is 0 Å². The second kappa shape index (κ2) is 33.1. The van der Waals surface area contributed by atoms with E-state index in [2.05, 4.69) is 139 Å². The van der Waals surface area contributed by atoms with Crippen LogP contribution in [-0.2, 0) is 40.0 Å². The summed E-state index contributed by atoms with van der Waals surface area (Å²) in [6.45, 7) is 9.00. The first-order valence-corrected chi connectivity index (χ1v) is 29.9. The summed E-state index contributed by atoms with van der Waals surface area (Å²) >= 11 is 1.15. The van der Waals surface area contributed by atoms with Crippen molar-refractivity contribution in [3.63, 3.8) is 0 Å². The molecule has 0 spiro atoms. The standard InChI is InChI=1S/C25H22P2.2C5H5.CHO.2CO.BF4.2W/c1-5-13-22(14-6-1)26(23-15-7-2-8-16-23)21-27(24-17-9-3-10-18-24)25-19-11-4-12-20-25;2*1-2-4-5-3-1;3*1-2;2-1(3,4)5;;/h1-20H,21H2;2*1-5H;2H;;;;;/q;;;-1;;;-1;;. The average molecular weight is 1050 g/mol. The fourth-order valence-corrected chi connectivity index (χ4v) is 10.3. The molecule has 0 unspecified atom stereocenters. The molecule has 2 aliphatic carbocycles. The SMILES string of the molecule is F[B-](F)(F)F.O[C-]=[W]=[W].[C-]#[O+].[C-]#[O+].[CH]1[CH][CH][CH][CH]1.[CH]1[CH][CH][CH][CH]1.c1ccc(P(CP(c2ccccc2)c2ccccc2)c2ccccc2)cc1. The number of hydrogen-bond donors (Lipinski definition) is 1. The smallest absolute Gasteiger partial charge is 0.00405 e. The Hall–Kier alpha value is -1.79. The van der Waals surface area contributed by atoms with E-state index >= 15 is 0 Å². The first-order valence-electron chi connectivity index (χ1n) is 14.4. The van der Waals surface area contributed by atoms with E-state index in [1.807, 2.05) is 64.2 Å². The van der Waals surface area contributed by atoms with Crippen LogP contribution >= 0.6 is 15.8 Å². The molecule has 10 radical (unpaired) electrons. The van der Waals surface area contributed by atoms with Gasteiger partial charge in [-0.3, -0.25) is 0 Å². The van der Waals surface area contributed by atoms with Gasteiger partial charge in [-0.2, -0.15) is 0 Å². The number of halogens is 4. The minimum Gasteiger partial charge on any atom is -0.0622 e. The Morgan fingerprint density at radius 1 is 0.500 bits per heavy atom. The molecule has 0 heterocycles. The Morgan fingerprint density at radius 2 is 0.660 bits per heavy atom. The number of benzene rings is 4. The van der Waals surface area contributed by atoms with Crippen LogP contribution in [0.3, 0.4) is 0 Å². The summed E-state index contributed by atoms with van der Waals surface area (Å²) < 4.78 is 56.1. The Morgan fingerprint density at radius 3 is 0.800 bits per heavy atom. The molecule has 0 atom stereocenters. The monoisotopic (exact) mass is 1050 g/mol. The van der Waals surface area contributed by atoms with Crippen LogP contribution in [-0.4, -0.2) is 22.9 Å². The minimum atomic E-state index is -6.00. The van der Waals surface area contributed by atoms with Gasteiger partial charge >= 0.3 is 70.3 Å². The maximum Gasteiger partial charge on any atom is 0.00405 e. The van der Waals surface area contributed by atoms with Crippen LogP contribution in [0.25, 0.3) is 0 Å². The third-order valence-electron chi connectivity index (χ3n) is 5.70. The summed E-state index contributed by atoms with van der Waals surface area (Å²) in [4.78, 5) is 0. The van der Waals surface area contributed by atoms with Crippen LogP contribution < -0.4 is 21.2 Å². The van der Waals surface area contributed by atoms with Gasteiger partial charge in [-0.05, 0) is 101 Å². The Kier molecular flexibility index (Phi) is 31.9. The molecule has 0 aromatic heterocycles.